The first-order chi connectivity index (χ1) is 12.5. The minimum absolute atomic E-state index is 0.188. The van der Waals surface area contributed by atoms with Crippen molar-refractivity contribution in [3.05, 3.63) is 35.9 Å². The van der Waals surface area contributed by atoms with Crippen LogP contribution in [-0.2, 0) is 22.3 Å². The number of rotatable bonds is 7. The molecule has 1 aromatic rings. The highest BCUT2D eigenvalue weighted by atomic mass is 32.2. The van der Waals surface area contributed by atoms with Crippen molar-refractivity contribution in [2.24, 2.45) is 5.92 Å². The van der Waals surface area contributed by atoms with E-state index in [0.29, 0.717) is 25.6 Å². The van der Waals surface area contributed by atoms with E-state index >= 15 is 0 Å². The molecule has 1 fully saturated rings. The third-order valence-electron chi connectivity index (χ3n) is 4.99. The molecular formula is C20H32N2O3S. The number of benzene rings is 1. The van der Waals surface area contributed by atoms with Crippen molar-refractivity contribution >= 4 is 21.9 Å². The molecule has 0 saturated carbocycles. The molecule has 1 aromatic carbocycles. The van der Waals surface area contributed by atoms with Gasteiger partial charge >= 0.3 is 6.09 Å². The Morgan fingerprint density at radius 3 is 2.62 bits per heavy atom. The van der Waals surface area contributed by atoms with Gasteiger partial charge in [0.25, 0.3) is 0 Å². The van der Waals surface area contributed by atoms with Gasteiger partial charge in [-0.1, -0.05) is 37.3 Å². The van der Waals surface area contributed by atoms with E-state index in [-0.39, 0.29) is 12.1 Å². The van der Waals surface area contributed by atoms with Crippen LogP contribution in [0.4, 0.5) is 4.79 Å². The van der Waals surface area contributed by atoms with Crippen molar-refractivity contribution in [3.63, 3.8) is 0 Å². The van der Waals surface area contributed by atoms with Crippen molar-refractivity contribution in [3.8, 4) is 0 Å². The van der Waals surface area contributed by atoms with E-state index in [9.17, 15) is 9.35 Å². The molecule has 1 saturated heterocycles. The highest BCUT2D eigenvalue weighted by Gasteiger charge is 2.27. The van der Waals surface area contributed by atoms with Crippen LogP contribution < -0.4 is 4.72 Å². The predicted molar refractivity (Wildman–Crippen MR) is 109 cm³/mol. The molecule has 1 amide bonds. The number of hydrogen-bond acceptors (Lipinski definition) is 4. The molecule has 0 bridgehead atoms. The zero-order valence-corrected chi connectivity index (χ0v) is 17.0. The second-order valence-corrected chi connectivity index (χ2v) is 8.67. The topological polar surface area (TPSA) is 64.6 Å². The smallest absolute Gasteiger partial charge is 0.410 e. The molecule has 2 atom stereocenters. The summed E-state index contributed by atoms with van der Waals surface area (Å²) in [6, 6.07) is 9.91. The predicted octanol–water partition coefficient (Wildman–Crippen LogP) is 3.40. The van der Waals surface area contributed by atoms with Crippen LogP contribution in [0.2, 0.25) is 0 Å². The zero-order valence-electron chi connectivity index (χ0n) is 16.1. The molecule has 5 nitrogen and oxygen atoms in total. The summed E-state index contributed by atoms with van der Waals surface area (Å²) >= 11 is 0. The van der Waals surface area contributed by atoms with Crippen LogP contribution in [-0.4, -0.2) is 39.5 Å². The molecule has 146 valence electrons. The summed E-state index contributed by atoms with van der Waals surface area (Å²) < 4.78 is 21.0. The molecule has 1 aliphatic heterocycles. The summed E-state index contributed by atoms with van der Waals surface area (Å²) in [5.74, 6) is 0.432. The van der Waals surface area contributed by atoms with Crippen molar-refractivity contribution in [1.82, 2.24) is 9.62 Å². The summed E-state index contributed by atoms with van der Waals surface area (Å²) in [4.78, 5) is 15.0. The Morgan fingerprint density at radius 1 is 1.35 bits per heavy atom. The third-order valence-corrected chi connectivity index (χ3v) is 6.55. The Balaban J connectivity index is 1.75. The van der Waals surface area contributed by atoms with Crippen LogP contribution in [0.15, 0.2) is 30.3 Å². The van der Waals surface area contributed by atoms with Gasteiger partial charge in [0, 0.05) is 25.6 Å². The number of carbonyl (C=O) groups excluding carboxylic acids is 1. The quantitative estimate of drug-likeness (QED) is 0.447. The first-order valence-corrected chi connectivity index (χ1v) is 10.8. The lowest BCUT2D eigenvalue weighted by Gasteiger charge is -2.34. The highest BCUT2D eigenvalue weighted by Crippen LogP contribution is 2.21. The fraction of sp³-hybridized carbons (Fsp3) is 0.600. The van der Waals surface area contributed by atoms with E-state index in [1.807, 2.05) is 37.3 Å². The molecule has 0 aromatic heterocycles. The Kier molecular flexibility index (Phi) is 8.62. The van der Waals surface area contributed by atoms with Crippen molar-refractivity contribution in [2.75, 3.05) is 13.1 Å². The summed E-state index contributed by atoms with van der Waals surface area (Å²) in [5, 5.41) is 0. The number of nitrogens with one attached hydrogen (secondary N) is 1. The lowest BCUT2D eigenvalue weighted by Crippen LogP contribution is -2.45. The molecule has 0 aliphatic carbocycles. The number of thiol groups is 1. The van der Waals surface area contributed by atoms with Crippen molar-refractivity contribution in [1.29, 1.82) is 0 Å². The van der Waals surface area contributed by atoms with Crippen LogP contribution in [0.5, 0.6) is 0 Å². The van der Waals surface area contributed by atoms with E-state index in [1.165, 1.54) is 0 Å². The second-order valence-electron chi connectivity index (χ2n) is 7.06. The number of amides is 1. The van der Waals surface area contributed by atoms with Crippen molar-refractivity contribution in [2.45, 2.75) is 59.1 Å². The van der Waals surface area contributed by atoms with Gasteiger partial charge in [0.2, 0.25) is 0 Å². The average Bonchev–Trinajstić information content (AvgIpc) is 2.67. The molecule has 26 heavy (non-hydrogen) atoms. The van der Waals surface area contributed by atoms with Gasteiger partial charge in [-0.05, 0) is 44.6 Å². The van der Waals surface area contributed by atoms with Gasteiger partial charge in [-0.3, -0.25) is 0 Å². The number of likely N-dealkylation sites (tertiary alicyclic amines) is 1. The second kappa shape index (κ2) is 10.7. The van der Waals surface area contributed by atoms with Crippen LogP contribution >= 0.6 is 0 Å². The minimum atomic E-state index is -1.46. The number of hydrogen-bond donors (Lipinski definition) is 1. The van der Waals surface area contributed by atoms with E-state index in [2.05, 4.69) is 18.6 Å². The first kappa shape index (κ1) is 20.9. The first-order valence-electron chi connectivity index (χ1n) is 9.52. The fourth-order valence-electron chi connectivity index (χ4n) is 3.26. The average molecular weight is 381 g/mol. The van der Waals surface area contributed by atoms with Gasteiger partial charge in [0.15, 0.2) is 0 Å². The number of carbonyl (C=O) groups is 1. The van der Waals surface area contributed by atoms with Gasteiger partial charge in [-0.15, -0.1) is 11.0 Å². The van der Waals surface area contributed by atoms with Gasteiger partial charge in [-0.25, -0.2) is 4.79 Å². The molecule has 1 heterocycles. The maximum atomic E-state index is 12.3. The highest BCUT2D eigenvalue weighted by molar-refractivity contribution is 7.89. The van der Waals surface area contributed by atoms with Crippen LogP contribution in [0.1, 0.15) is 52.0 Å². The van der Waals surface area contributed by atoms with Gasteiger partial charge < -0.3 is 14.2 Å². The molecule has 1 aliphatic rings. The molecule has 1 N–H and O–H groups in total. The number of piperidine rings is 1. The molecule has 2 rings (SSSR count). The molecule has 0 radical (unpaired) electrons. The molecule has 1 unspecified atom stereocenters. The van der Waals surface area contributed by atoms with E-state index in [0.717, 1.165) is 36.1 Å². The Hall–Kier alpha value is -1.37. The summed E-state index contributed by atoms with van der Waals surface area (Å²) in [5.41, 5.74) is 0.996. The third kappa shape index (κ3) is 6.41. The largest absolute Gasteiger partial charge is 0.634 e. The molecule has 0 spiro atoms. The SMILES string of the molecule is CCCC(C)=[SH+]([O-])N[C@H](C)C1CCN(C(=O)OCc2ccccc2)CC1. The van der Waals surface area contributed by atoms with Gasteiger partial charge in [-0.2, -0.15) is 4.72 Å². The van der Waals surface area contributed by atoms with Crippen molar-refractivity contribution < 1.29 is 14.1 Å². The Bertz CT molecular complexity index is 598. The summed E-state index contributed by atoms with van der Waals surface area (Å²) in [6.07, 6.45) is 3.49. The maximum Gasteiger partial charge on any atom is 0.410 e. The molecule has 6 heteroatoms. The van der Waals surface area contributed by atoms with Crippen LogP contribution in [0.3, 0.4) is 0 Å². The normalized spacial score (nSPS) is 18.3. The lowest BCUT2D eigenvalue weighted by atomic mass is 9.91. The summed E-state index contributed by atoms with van der Waals surface area (Å²) in [6.45, 7) is 7.86. The standard InChI is InChI=1S/C20H32N2O3S/c1-4-8-16(2)26(24)21-17(3)19-11-13-22(14-12-19)20(23)25-15-18-9-6-5-7-10-18/h5-7,9-10,17,19,21,26H,4,8,11-15H2,1-3H3/t17-/m1/s1. The van der Waals surface area contributed by atoms with E-state index in [1.54, 1.807) is 4.90 Å². The monoisotopic (exact) mass is 380 g/mol. The van der Waals surface area contributed by atoms with Crippen LogP contribution in [0, 0.1) is 5.92 Å². The molecular weight excluding hydrogens is 348 g/mol. The summed E-state index contributed by atoms with van der Waals surface area (Å²) in [7, 11) is -1.46. The number of ether oxygens (including phenoxy) is 1. The number of nitrogens with zero attached hydrogens (tertiary/aromatic N) is 1. The van der Waals surface area contributed by atoms with E-state index < -0.39 is 11.0 Å². The van der Waals surface area contributed by atoms with Gasteiger partial charge in [0.05, 0.1) is 4.86 Å². The maximum absolute atomic E-state index is 12.3. The van der Waals surface area contributed by atoms with Crippen LogP contribution in [0.25, 0.3) is 0 Å². The fourth-order valence-corrected chi connectivity index (χ4v) is 4.48. The van der Waals surface area contributed by atoms with E-state index in [4.69, 9.17) is 4.74 Å². The zero-order chi connectivity index (χ0) is 18.9. The lowest BCUT2D eigenvalue weighted by molar-refractivity contribution is 0.0798. The Labute approximate surface area is 160 Å². The minimum Gasteiger partial charge on any atom is -0.634 e. The van der Waals surface area contributed by atoms with Gasteiger partial charge in [0.1, 0.15) is 6.61 Å². The Morgan fingerprint density at radius 2 is 2.00 bits per heavy atom.